The minimum Gasteiger partial charge on any atom is -0.198 e. The van der Waals surface area contributed by atoms with Crippen molar-refractivity contribution in [1.29, 1.82) is 5.26 Å². The third kappa shape index (κ3) is 2.43. The lowest BCUT2D eigenvalue weighted by molar-refractivity contribution is 0.739. The molecule has 0 aliphatic heterocycles. The van der Waals surface area contributed by atoms with Crippen LogP contribution in [0.4, 0.5) is 0 Å². The third-order valence-electron chi connectivity index (χ3n) is 1.61. The van der Waals surface area contributed by atoms with E-state index in [-0.39, 0.29) is 5.92 Å². The fraction of sp³-hybridized carbons (Fsp3) is 0.300. The van der Waals surface area contributed by atoms with E-state index in [1.54, 1.807) is 0 Å². The van der Waals surface area contributed by atoms with Gasteiger partial charge in [0.2, 0.25) is 0 Å². The predicted molar refractivity (Wildman–Crippen MR) is 44.9 cm³/mol. The van der Waals surface area contributed by atoms with Crippen LogP contribution in [0.2, 0.25) is 0 Å². The van der Waals surface area contributed by atoms with Crippen LogP contribution in [0.15, 0.2) is 30.3 Å². The van der Waals surface area contributed by atoms with Crippen molar-refractivity contribution >= 4 is 0 Å². The van der Waals surface area contributed by atoms with Gasteiger partial charge in [-0.25, -0.2) is 0 Å². The van der Waals surface area contributed by atoms with Gasteiger partial charge >= 0.3 is 0 Å². The SMILES string of the molecule is C[C@@H](C#N)Cc1ccccc1. The molecule has 0 aliphatic carbocycles. The molecule has 56 valence electrons. The Kier molecular flexibility index (Phi) is 2.68. The summed E-state index contributed by atoms with van der Waals surface area (Å²) in [6, 6.07) is 12.3. The van der Waals surface area contributed by atoms with Crippen molar-refractivity contribution in [3.05, 3.63) is 35.9 Å². The molecule has 0 heterocycles. The Morgan fingerprint density at radius 2 is 2.00 bits per heavy atom. The second-order valence-corrected chi connectivity index (χ2v) is 2.72. The summed E-state index contributed by atoms with van der Waals surface area (Å²) in [7, 11) is 0. The van der Waals surface area contributed by atoms with Crippen LogP contribution in [-0.4, -0.2) is 0 Å². The average molecular weight is 145 g/mol. The summed E-state index contributed by atoms with van der Waals surface area (Å²) in [6.45, 7) is 1.94. The first-order valence-electron chi connectivity index (χ1n) is 3.76. The lowest BCUT2D eigenvalue weighted by Crippen LogP contribution is -1.94. The maximum atomic E-state index is 8.55. The number of rotatable bonds is 2. The van der Waals surface area contributed by atoms with Gasteiger partial charge in [-0.3, -0.25) is 0 Å². The monoisotopic (exact) mass is 145 g/mol. The van der Waals surface area contributed by atoms with Gasteiger partial charge in [-0.05, 0) is 18.9 Å². The first-order valence-corrected chi connectivity index (χ1v) is 3.76. The molecule has 0 amide bonds. The minimum atomic E-state index is 0.123. The number of hydrogen-bond donors (Lipinski definition) is 0. The number of nitriles is 1. The van der Waals surface area contributed by atoms with E-state index in [1.165, 1.54) is 5.56 Å². The molecule has 1 nitrogen and oxygen atoms in total. The largest absolute Gasteiger partial charge is 0.198 e. The maximum absolute atomic E-state index is 8.55. The minimum absolute atomic E-state index is 0.123. The van der Waals surface area contributed by atoms with Crippen LogP contribution in [0, 0.1) is 17.2 Å². The summed E-state index contributed by atoms with van der Waals surface area (Å²) in [5.74, 6) is 0.123. The predicted octanol–water partition coefficient (Wildman–Crippen LogP) is 2.39. The molecule has 11 heavy (non-hydrogen) atoms. The molecular formula is C10H11N. The summed E-state index contributed by atoms with van der Waals surface area (Å²) in [5.41, 5.74) is 1.24. The van der Waals surface area contributed by atoms with Crippen LogP contribution in [0.3, 0.4) is 0 Å². The van der Waals surface area contributed by atoms with E-state index in [0.717, 1.165) is 6.42 Å². The molecule has 0 spiro atoms. The zero-order valence-electron chi connectivity index (χ0n) is 6.62. The smallest absolute Gasteiger partial charge is 0.0656 e. The summed E-state index contributed by atoms with van der Waals surface area (Å²) < 4.78 is 0. The summed E-state index contributed by atoms with van der Waals surface area (Å²) in [4.78, 5) is 0. The van der Waals surface area contributed by atoms with E-state index in [4.69, 9.17) is 5.26 Å². The van der Waals surface area contributed by atoms with Gasteiger partial charge in [0.15, 0.2) is 0 Å². The van der Waals surface area contributed by atoms with E-state index < -0.39 is 0 Å². The zero-order valence-corrected chi connectivity index (χ0v) is 6.62. The fourth-order valence-electron chi connectivity index (χ4n) is 1.01. The van der Waals surface area contributed by atoms with E-state index in [1.807, 2.05) is 37.3 Å². The van der Waals surface area contributed by atoms with Crippen molar-refractivity contribution in [2.75, 3.05) is 0 Å². The average Bonchev–Trinajstić information content (AvgIpc) is 2.06. The molecule has 1 atom stereocenters. The second-order valence-electron chi connectivity index (χ2n) is 2.72. The van der Waals surface area contributed by atoms with Gasteiger partial charge < -0.3 is 0 Å². The molecule has 1 rings (SSSR count). The Balaban J connectivity index is 2.60. The first kappa shape index (κ1) is 7.81. The molecule has 1 heteroatoms. The zero-order chi connectivity index (χ0) is 8.10. The van der Waals surface area contributed by atoms with Crippen molar-refractivity contribution in [1.82, 2.24) is 0 Å². The highest BCUT2D eigenvalue weighted by atomic mass is 14.3. The molecule has 1 aromatic rings. The molecule has 0 fully saturated rings. The quantitative estimate of drug-likeness (QED) is 0.626. The first-order chi connectivity index (χ1) is 5.33. The van der Waals surface area contributed by atoms with Crippen LogP contribution in [0.1, 0.15) is 12.5 Å². The fourth-order valence-corrected chi connectivity index (χ4v) is 1.01. The summed E-state index contributed by atoms with van der Waals surface area (Å²) >= 11 is 0. The molecule has 0 unspecified atom stereocenters. The highest BCUT2D eigenvalue weighted by molar-refractivity contribution is 5.16. The van der Waals surface area contributed by atoms with Crippen molar-refractivity contribution in [3.8, 4) is 6.07 Å². The Morgan fingerprint density at radius 3 is 2.55 bits per heavy atom. The molecule has 0 aromatic heterocycles. The molecule has 0 radical (unpaired) electrons. The second kappa shape index (κ2) is 3.78. The molecule has 1 aromatic carbocycles. The highest BCUT2D eigenvalue weighted by Gasteiger charge is 1.99. The van der Waals surface area contributed by atoms with Crippen LogP contribution in [-0.2, 0) is 6.42 Å². The normalized spacial score (nSPS) is 12.0. The lowest BCUT2D eigenvalue weighted by atomic mass is 10.0. The highest BCUT2D eigenvalue weighted by Crippen LogP contribution is 2.06. The van der Waals surface area contributed by atoms with E-state index in [2.05, 4.69) is 6.07 Å². The van der Waals surface area contributed by atoms with Gasteiger partial charge in [0.05, 0.1) is 6.07 Å². The van der Waals surface area contributed by atoms with Crippen molar-refractivity contribution in [2.45, 2.75) is 13.3 Å². The Bertz CT molecular complexity index is 245. The summed E-state index contributed by atoms with van der Waals surface area (Å²) in [5, 5.41) is 8.55. The molecule has 0 bridgehead atoms. The maximum Gasteiger partial charge on any atom is 0.0656 e. The van der Waals surface area contributed by atoms with Gasteiger partial charge in [0.25, 0.3) is 0 Å². The van der Waals surface area contributed by atoms with E-state index >= 15 is 0 Å². The molecule has 0 saturated carbocycles. The molecule has 0 saturated heterocycles. The summed E-state index contributed by atoms with van der Waals surface area (Å²) in [6.07, 6.45) is 0.858. The Hall–Kier alpha value is -1.29. The van der Waals surface area contributed by atoms with Gasteiger partial charge in [-0.1, -0.05) is 30.3 Å². The van der Waals surface area contributed by atoms with Crippen molar-refractivity contribution < 1.29 is 0 Å². The van der Waals surface area contributed by atoms with Gasteiger partial charge in [-0.15, -0.1) is 0 Å². The van der Waals surface area contributed by atoms with Crippen LogP contribution in [0.5, 0.6) is 0 Å². The van der Waals surface area contributed by atoms with E-state index in [9.17, 15) is 0 Å². The van der Waals surface area contributed by atoms with Crippen LogP contribution in [0.25, 0.3) is 0 Å². The topological polar surface area (TPSA) is 23.8 Å². The molecular weight excluding hydrogens is 134 g/mol. The third-order valence-corrected chi connectivity index (χ3v) is 1.61. The standard InChI is InChI=1S/C10H11N/c1-9(8-11)7-10-5-3-2-4-6-10/h2-6,9H,7H2,1H3/t9-/m1/s1. The Morgan fingerprint density at radius 1 is 1.36 bits per heavy atom. The number of benzene rings is 1. The number of hydrogen-bond acceptors (Lipinski definition) is 1. The Labute approximate surface area is 67.3 Å². The van der Waals surface area contributed by atoms with Gasteiger partial charge in [0, 0.05) is 5.92 Å². The molecule has 0 aliphatic rings. The lowest BCUT2D eigenvalue weighted by Gasteiger charge is -2.00. The van der Waals surface area contributed by atoms with Crippen LogP contribution < -0.4 is 0 Å². The van der Waals surface area contributed by atoms with E-state index in [0.29, 0.717) is 0 Å². The van der Waals surface area contributed by atoms with Crippen LogP contribution >= 0.6 is 0 Å². The van der Waals surface area contributed by atoms with Gasteiger partial charge in [-0.2, -0.15) is 5.26 Å². The van der Waals surface area contributed by atoms with Crippen molar-refractivity contribution in [3.63, 3.8) is 0 Å². The number of nitrogens with zero attached hydrogens (tertiary/aromatic N) is 1. The van der Waals surface area contributed by atoms with Gasteiger partial charge in [0.1, 0.15) is 0 Å². The van der Waals surface area contributed by atoms with Crippen molar-refractivity contribution in [2.24, 2.45) is 5.92 Å². The molecule has 0 N–H and O–H groups in total.